The Hall–Kier alpha value is -1.88. The highest BCUT2D eigenvalue weighted by atomic mass is 79.9. The van der Waals surface area contributed by atoms with Crippen LogP contribution in [0.1, 0.15) is 21.5 Å². The van der Waals surface area contributed by atoms with Gasteiger partial charge in [0.05, 0.1) is 12.7 Å². The average Bonchev–Trinajstić information content (AvgIpc) is 2.48. The van der Waals surface area contributed by atoms with Crippen LogP contribution in [0.4, 0.5) is 10.1 Å². The Kier molecular flexibility index (Phi) is 4.96. The molecule has 5 heteroatoms. The van der Waals surface area contributed by atoms with Crippen molar-refractivity contribution in [3.8, 4) is 0 Å². The molecule has 0 spiro atoms. The lowest BCUT2D eigenvalue weighted by atomic mass is 10.1. The number of benzene rings is 2. The molecule has 0 amide bonds. The maximum absolute atomic E-state index is 13.3. The first-order valence-corrected chi connectivity index (χ1v) is 7.17. The molecule has 0 aliphatic heterocycles. The van der Waals surface area contributed by atoms with Crippen LogP contribution in [0.3, 0.4) is 0 Å². The topological polar surface area (TPSA) is 38.3 Å². The molecular formula is C16H15BrFNO2. The van der Waals surface area contributed by atoms with E-state index < -0.39 is 11.8 Å². The first kappa shape index (κ1) is 15.5. The molecule has 2 rings (SSSR count). The molecule has 0 heterocycles. The lowest BCUT2D eigenvalue weighted by Gasteiger charge is -2.11. The summed E-state index contributed by atoms with van der Waals surface area (Å²) in [6.45, 7) is 2.54. The molecule has 1 N–H and O–H groups in total. The largest absolute Gasteiger partial charge is 0.465 e. The zero-order valence-electron chi connectivity index (χ0n) is 11.7. The lowest BCUT2D eigenvalue weighted by molar-refractivity contribution is 0.0601. The van der Waals surface area contributed by atoms with E-state index in [-0.39, 0.29) is 5.56 Å². The number of esters is 1. The van der Waals surface area contributed by atoms with Gasteiger partial charge in [0.15, 0.2) is 0 Å². The number of nitrogens with one attached hydrogen (secondary N) is 1. The van der Waals surface area contributed by atoms with E-state index in [1.165, 1.54) is 25.3 Å². The van der Waals surface area contributed by atoms with Crippen molar-refractivity contribution in [2.45, 2.75) is 13.5 Å². The van der Waals surface area contributed by atoms with Gasteiger partial charge in [0.25, 0.3) is 0 Å². The molecule has 0 saturated carbocycles. The Morgan fingerprint density at radius 2 is 2.05 bits per heavy atom. The van der Waals surface area contributed by atoms with Crippen LogP contribution in [0.25, 0.3) is 0 Å². The zero-order valence-corrected chi connectivity index (χ0v) is 13.3. The second-order valence-corrected chi connectivity index (χ2v) is 5.47. The number of anilines is 1. The van der Waals surface area contributed by atoms with E-state index >= 15 is 0 Å². The number of hydrogen-bond acceptors (Lipinski definition) is 3. The predicted molar refractivity (Wildman–Crippen MR) is 83.9 cm³/mol. The highest BCUT2D eigenvalue weighted by Crippen LogP contribution is 2.21. The summed E-state index contributed by atoms with van der Waals surface area (Å²) in [4.78, 5) is 11.7. The van der Waals surface area contributed by atoms with Gasteiger partial charge in [-0.2, -0.15) is 0 Å². The Labute approximate surface area is 131 Å². The number of halogens is 2. The molecule has 0 saturated heterocycles. The Balaban J connectivity index is 2.19. The van der Waals surface area contributed by atoms with E-state index in [4.69, 9.17) is 0 Å². The quantitative estimate of drug-likeness (QED) is 0.834. The number of hydrogen-bond donors (Lipinski definition) is 1. The van der Waals surface area contributed by atoms with Crippen molar-refractivity contribution in [2.24, 2.45) is 0 Å². The Bertz CT molecular complexity index is 673. The van der Waals surface area contributed by atoms with Crippen LogP contribution >= 0.6 is 15.9 Å². The Morgan fingerprint density at radius 1 is 1.29 bits per heavy atom. The van der Waals surface area contributed by atoms with Crippen LogP contribution in [0, 0.1) is 12.7 Å². The van der Waals surface area contributed by atoms with Crippen molar-refractivity contribution in [3.05, 3.63) is 63.4 Å². The number of carbonyl (C=O) groups is 1. The first-order chi connectivity index (χ1) is 10.0. The number of ether oxygens (including phenoxy) is 1. The molecule has 0 aromatic heterocycles. The van der Waals surface area contributed by atoms with Gasteiger partial charge in [-0.15, -0.1) is 0 Å². The molecule has 0 unspecified atom stereocenters. The second-order valence-electron chi connectivity index (χ2n) is 4.62. The average molecular weight is 352 g/mol. The summed E-state index contributed by atoms with van der Waals surface area (Å²) in [5.41, 5.74) is 2.92. The smallest absolute Gasteiger partial charge is 0.340 e. The number of aryl methyl sites for hydroxylation is 1. The summed E-state index contributed by atoms with van der Waals surface area (Å²) in [7, 11) is 1.27. The van der Waals surface area contributed by atoms with Crippen molar-refractivity contribution in [1.82, 2.24) is 0 Å². The third kappa shape index (κ3) is 3.82. The number of methoxy groups -OCH3 is 1. The zero-order chi connectivity index (χ0) is 15.4. The molecule has 0 atom stereocenters. The molecule has 3 nitrogen and oxygen atoms in total. The predicted octanol–water partition coefficient (Wildman–Crippen LogP) is 4.30. The van der Waals surface area contributed by atoms with Crippen molar-refractivity contribution in [3.63, 3.8) is 0 Å². The van der Waals surface area contributed by atoms with Gasteiger partial charge in [0.1, 0.15) is 5.82 Å². The minimum Gasteiger partial charge on any atom is -0.465 e. The highest BCUT2D eigenvalue weighted by molar-refractivity contribution is 9.10. The van der Waals surface area contributed by atoms with Gasteiger partial charge < -0.3 is 10.1 Å². The normalized spacial score (nSPS) is 10.3. The molecule has 0 aliphatic carbocycles. The van der Waals surface area contributed by atoms with Crippen molar-refractivity contribution < 1.29 is 13.9 Å². The standard InChI is InChI=1S/C16H15BrFNO2/c1-10-7-11(3-5-14(10)17)9-19-15-6-4-12(18)8-13(15)16(20)21-2/h3-8,19H,9H2,1-2H3. The highest BCUT2D eigenvalue weighted by Gasteiger charge is 2.13. The van der Waals surface area contributed by atoms with Crippen LogP contribution in [0.5, 0.6) is 0 Å². The van der Waals surface area contributed by atoms with Crippen molar-refractivity contribution >= 4 is 27.6 Å². The Morgan fingerprint density at radius 3 is 2.71 bits per heavy atom. The second kappa shape index (κ2) is 6.72. The molecular weight excluding hydrogens is 337 g/mol. The minimum absolute atomic E-state index is 0.186. The van der Waals surface area contributed by atoms with Gasteiger partial charge in [-0.05, 0) is 42.3 Å². The van der Waals surface area contributed by atoms with Crippen LogP contribution in [0.2, 0.25) is 0 Å². The SMILES string of the molecule is COC(=O)c1cc(F)ccc1NCc1ccc(Br)c(C)c1. The molecule has 21 heavy (non-hydrogen) atoms. The third-order valence-corrected chi connectivity index (χ3v) is 3.98. The van der Waals surface area contributed by atoms with Gasteiger partial charge >= 0.3 is 5.97 Å². The fraction of sp³-hybridized carbons (Fsp3) is 0.188. The summed E-state index contributed by atoms with van der Waals surface area (Å²) in [6.07, 6.45) is 0. The van der Waals surface area contributed by atoms with E-state index in [2.05, 4.69) is 26.0 Å². The molecule has 2 aromatic rings. The summed E-state index contributed by atoms with van der Waals surface area (Å²) in [5.74, 6) is -1.04. The van der Waals surface area contributed by atoms with Gasteiger partial charge in [-0.3, -0.25) is 0 Å². The monoisotopic (exact) mass is 351 g/mol. The van der Waals surface area contributed by atoms with Crippen LogP contribution in [0.15, 0.2) is 40.9 Å². The van der Waals surface area contributed by atoms with E-state index in [9.17, 15) is 9.18 Å². The van der Waals surface area contributed by atoms with Crippen LogP contribution in [-0.2, 0) is 11.3 Å². The van der Waals surface area contributed by atoms with Gasteiger partial charge in [-0.25, -0.2) is 9.18 Å². The van der Waals surface area contributed by atoms with Gasteiger partial charge in [0, 0.05) is 16.7 Å². The molecule has 0 bridgehead atoms. The summed E-state index contributed by atoms with van der Waals surface area (Å²) in [6, 6.07) is 10.00. The first-order valence-electron chi connectivity index (χ1n) is 6.38. The third-order valence-electron chi connectivity index (χ3n) is 3.09. The van der Waals surface area contributed by atoms with Crippen LogP contribution in [-0.4, -0.2) is 13.1 Å². The van der Waals surface area contributed by atoms with Crippen LogP contribution < -0.4 is 5.32 Å². The van der Waals surface area contributed by atoms with E-state index in [1.807, 2.05) is 25.1 Å². The minimum atomic E-state index is -0.566. The molecule has 0 fully saturated rings. The molecule has 110 valence electrons. The number of rotatable bonds is 4. The fourth-order valence-corrected chi connectivity index (χ4v) is 2.21. The van der Waals surface area contributed by atoms with Gasteiger partial charge in [-0.1, -0.05) is 28.1 Å². The summed E-state index contributed by atoms with van der Waals surface area (Å²) in [5, 5.41) is 3.14. The molecule has 0 radical (unpaired) electrons. The molecule has 2 aromatic carbocycles. The lowest BCUT2D eigenvalue weighted by Crippen LogP contribution is -2.09. The molecule has 0 aliphatic rings. The van der Waals surface area contributed by atoms with E-state index in [0.717, 1.165) is 15.6 Å². The van der Waals surface area contributed by atoms with E-state index in [0.29, 0.717) is 12.2 Å². The van der Waals surface area contributed by atoms with Crippen molar-refractivity contribution in [2.75, 3.05) is 12.4 Å². The maximum Gasteiger partial charge on any atom is 0.340 e. The maximum atomic E-state index is 13.3. The summed E-state index contributed by atoms with van der Waals surface area (Å²) < 4.78 is 19.0. The summed E-state index contributed by atoms with van der Waals surface area (Å²) >= 11 is 3.45. The van der Waals surface area contributed by atoms with E-state index in [1.54, 1.807) is 0 Å². The number of carbonyl (C=O) groups excluding carboxylic acids is 1. The fourth-order valence-electron chi connectivity index (χ4n) is 1.96. The van der Waals surface area contributed by atoms with Crippen molar-refractivity contribution in [1.29, 1.82) is 0 Å². The van der Waals surface area contributed by atoms with Gasteiger partial charge in [0.2, 0.25) is 0 Å².